The molecule has 0 aliphatic carbocycles. The van der Waals surface area contributed by atoms with Gasteiger partial charge in [-0.3, -0.25) is 4.79 Å². The van der Waals surface area contributed by atoms with Crippen molar-refractivity contribution in [1.82, 2.24) is 5.32 Å². The third kappa shape index (κ3) is 4.06. The molecule has 1 aliphatic heterocycles. The predicted molar refractivity (Wildman–Crippen MR) is 99.6 cm³/mol. The predicted octanol–water partition coefficient (Wildman–Crippen LogP) is 4.29. The second-order valence-electron chi connectivity index (χ2n) is 5.32. The van der Waals surface area contributed by atoms with E-state index in [-0.39, 0.29) is 5.91 Å². The minimum Gasteiger partial charge on any atom is -0.494 e. The molecule has 1 heterocycles. The lowest BCUT2D eigenvalue weighted by molar-refractivity contribution is -0.115. The SMILES string of the molecule is CCOc1ccc(/C=C2/SC(=Nc3ccc(C)cc3)NC2=O)cc1. The van der Waals surface area contributed by atoms with Crippen molar-refractivity contribution in [2.24, 2.45) is 4.99 Å². The Morgan fingerprint density at radius 3 is 2.50 bits per heavy atom. The normalized spacial score (nSPS) is 17.3. The Morgan fingerprint density at radius 2 is 1.83 bits per heavy atom. The zero-order valence-electron chi connectivity index (χ0n) is 13.6. The molecule has 0 unspecified atom stereocenters. The van der Waals surface area contributed by atoms with Crippen LogP contribution in [0.25, 0.3) is 6.08 Å². The number of amides is 1. The van der Waals surface area contributed by atoms with E-state index in [9.17, 15) is 4.79 Å². The number of hydrogen-bond donors (Lipinski definition) is 1. The number of benzene rings is 2. The van der Waals surface area contributed by atoms with Gasteiger partial charge in [-0.25, -0.2) is 4.99 Å². The molecule has 122 valence electrons. The molecule has 0 spiro atoms. The van der Waals surface area contributed by atoms with Gasteiger partial charge >= 0.3 is 0 Å². The van der Waals surface area contributed by atoms with E-state index in [1.807, 2.05) is 68.5 Å². The minimum atomic E-state index is -0.125. The Kier molecular flexibility index (Phi) is 5.01. The number of thioether (sulfide) groups is 1. The van der Waals surface area contributed by atoms with Gasteiger partial charge in [-0.15, -0.1) is 0 Å². The molecule has 1 fully saturated rings. The summed E-state index contributed by atoms with van der Waals surface area (Å²) in [6.07, 6.45) is 1.85. The number of hydrogen-bond acceptors (Lipinski definition) is 4. The highest BCUT2D eigenvalue weighted by atomic mass is 32.2. The molecule has 1 N–H and O–H groups in total. The molecule has 1 amide bonds. The van der Waals surface area contributed by atoms with Crippen LogP contribution in [0.5, 0.6) is 5.75 Å². The molecule has 2 aromatic carbocycles. The van der Waals surface area contributed by atoms with Crippen molar-refractivity contribution in [1.29, 1.82) is 0 Å². The first kappa shape index (κ1) is 16.3. The summed E-state index contributed by atoms with van der Waals surface area (Å²) in [5.41, 5.74) is 2.96. The zero-order chi connectivity index (χ0) is 16.9. The van der Waals surface area contributed by atoms with E-state index >= 15 is 0 Å². The average Bonchev–Trinajstić information content (AvgIpc) is 2.91. The minimum absolute atomic E-state index is 0.125. The van der Waals surface area contributed by atoms with Crippen LogP contribution in [0.1, 0.15) is 18.1 Å². The Balaban J connectivity index is 1.75. The molecule has 4 nitrogen and oxygen atoms in total. The number of nitrogens with zero attached hydrogens (tertiary/aromatic N) is 1. The Morgan fingerprint density at radius 1 is 1.12 bits per heavy atom. The molecule has 1 saturated heterocycles. The highest BCUT2D eigenvalue weighted by Gasteiger charge is 2.23. The van der Waals surface area contributed by atoms with Crippen molar-refractivity contribution in [3.63, 3.8) is 0 Å². The standard InChI is InChI=1S/C19H18N2O2S/c1-3-23-16-10-6-14(7-11-16)12-17-18(22)21-19(24-17)20-15-8-4-13(2)5-9-15/h4-12H,3H2,1-2H3,(H,20,21,22)/b17-12+. The maximum absolute atomic E-state index is 12.1. The van der Waals surface area contributed by atoms with Crippen molar-refractivity contribution in [3.8, 4) is 5.75 Å². The van der Waals surface area contributed by atoms with Crippen molar-refractivity contribution in [2.75, 3.05) is 6.61 Å². The van der Waals surface area contributed by atoms with Gasteiger partial charge in [0.15, 0.2) is 5.17 Å². The molecule has 5 heteroatoms. The van der Waals surface area contributed by atoms with Gasteiger partial charge in [0.1, 0.15) is 5.75 Å². The molecule has 3 rings (SSSR count). The molecule has 0 atom stereocenters. The number of ether oxygens (including phenoxy) is 1. The lowest BCUT2D eigenvalue weighted by Crippen LogP contribution is -2.19. The van der Waals surface area contributed by atoms with Gasteiger partial charge in [0.25, 0.3) is 5.91 Å². The largest absolute Gasteiger partial charge is 0.494 e. The average molecular weight is 338 g/mol. The second-order valence-corrected chi connectivity index (χ2v) is 6.35. The first-order valence-electron chi connectivity index (χ1n) is 7.73. The molecule has 2 aromatic rings. The van der Waals surface area contributed by atoms with Gasteiger partial charge in [0.2, 0.25) is 0 Å². The first-order chi connectivity index (χ1) is 11.6. The van der Waals surface area contributed by atoms with Gasteiger partial charge in [-0.1, -0.05) is 29.8 Å². The summed E-state index contributed by atoms with van der Waals surface area (Å²) in [6, 6.07) is 15.5. The van der Waals surface area contributed by atoms with Crippen molar-refractivity contribution >= 4 is 34.6 Å². The summed E-state index contributed by atoms with van der Waals surface area (Å²) in [5, 5.41) is 3.40. The van der Waals surface area contributed by atoms with Gasteiger partial charge < -0.3 is 10.1 Å². The summed E-state index contributed by atoms with van der Waals surface area (Å²) < 4.78 is 5.42. The van der Waals surface area contributed by atoms with Gasteiger partial charge in [0.05, 0.1) is 17.2 Å². The third-order valence-electron chi connectivity index (χ3n) is 3.40. The van der Waals surface area contributed by atoms with E-state index in [0.29, 0.717) is 16.7 Å². The number of carbonyl (C=O) groups excluding carboxylic acids is 1. The van der Waals surface area contributed by atoms with E-state index in [2.05, 4.69) is 10.3 Å². The summed E-state index contributed by atoms with van der Waals surface area (Å²) in [7, 11) is 0. The highest BCUT2D eigenvalue weighted by molar-refractivity contribution is 8.18. The first-order valence-corrected chi connectivity index (χ1v) is 8.55. The molecule has 1 aliphatic rings. The number of carbonyl (C=O) groups is 1. The van der Waals surface area contributed by atoms with E-state index in [4.69, 9.17) is 4.74 Å². The fourth-order valence-corrected chi connectivity index (χ4v) is 3.04. The maximum Gasteiger partial charge on any atom is 0.264 e. The molecule has 24 heavy (non-hydrogen) atoms. The number of rotatable bonds is 4. The lowest BCUT2D eigenvalue weighted by atomic mass is 10.2. The fourth-order valence-electron chi connectivity index (χ4n) is 2.20. The van der Waals surface area contributed by atoms with E-state index in [1.165, 1.54) is 17.3 Å². The maximum atomic E-state index is 12.1. The third-order valence-corrected chi connectivity index (χ3v) is 4.31. The number of aliphatic imine (C=N–C) groups is 1. The zero-order valence-corrected chi connectivity index (χ0v) is 14.4. The highest BCUT2D eigenvalue weighted by Crippen LogP contribution is 2.28. The smallest absolute Gasteiger partial charge is 0.264 e. The monoisotopic (exact) mass is 338 g/mol. The summed E-state index contributed by atoms with van der Waals surface area (Å²) in [6.45, 7) is 4.61. The number of nitrogens with one attached hydrogen (secondary N) is 1. The van der Waals surface area contributed by atoms with E-state index in [1.54, 1.807) is 0 Å². The van der Waals surface area contributed by atoms with Crippen LogP contribution in [-0.4, -0.2) is 17.7 Å². The summed E-state index contributed by atoms with van der Waals surface area (Å²) in [5.74, 6) is 0.699. The van der Waals surface area contributed by atoms with Gasteiger partial charge in [-0.05, 0) is 61.5 Å². The number of amidine groups is 1. The fraction of sp³-hybridized carbons (Fsp3) is 0.158. The Bertz CT molecular complexity index is 793. The molecular weight excluding hydrogens is 320 g/mol. The van der Waals surface area contributed by atoms with Crippen LogP contribution in [0.3, 0.4) is 0 Å². The topological polar surface area (TPSA) is 50.7 Å². The summed E-state index contributed by atoms with van der Waals surface area (Å²) in [4.78, 5) is 17.2. The van der Waals surface area contributed by atoms with Crippen molar-refractivity contribution < 1.29 is 9.53 Å². The van der Waals surface area contributed by atoms with Crippen LogP contribution < -0.4 is 10.1 Å². The molecule has 0 radical (unpaired) electrons. The molecular formula is C19H18N2O2S. The Labute approximate surface area is 145 Å². The second kappa shape index (κ2) is 7.36. The molecule has 0 saturated carbocycles. The van der Waals surface area contributed by atoms with E-state index < -0.39 is 0 Å². The van der Waals surface area contributed by atoms with Crippen LogP contribution in [0, 0.1) is 6.92 Å². The summed E-state index contributed by atoms with van der Waals surface area (Å²) >= 11 is 1.35. The van der Waals surface area contributed by atoms with Crippen LogP contribution >= 0.6 is 11.8 Å². The van der Waals surface area contributed by atoms with Crippen LogP contribution in [0.15, 0.2) is 58.4 Å². The van der Waals surface area contributed by atoms with Crippen molar-refractivity contribution in [2.45, 2.75) is 13.8 Å². The van der Waals surface area contributed by atoms with Crippen LogP contribution in [-0.2, 0) is 4.79 Å². The lowest BCUT2D eigenvalue weighted by Gasteiger charge is -2.02. The Hall–Kier alpha value is -2.53. The van der Waals surface area contributed by atoms with Gasteiger partial charge in [-0.2, -0.15) is 0 Å². The van der Waals surface area contributed by atoms with Gasteiger partial charge in [0, 0.05) is 0 Å². The van der Waals surface area contributed by atoms with Crippen molar-refractivity contribution in [3.05, 3.63) is 64.6 Å². The van der Waals surface area contributed by atoms with E-state index in [0.717, 1.165) is 17.0 Å². The van der Waals surface area contributed by atoms with Crippen LogP contribution in [0.2, 0.25) is 0 Å². The quantitative estimate of drug-likeness (QED) is 0.846. The van der Waals surface area contributed by atoms with Crippen LogP contribution in [0.4, 0.5) is 5.69 Å². The molecule has 0 bridgehead atoms. The molecule has 0 aromatic heterocycles. The number of aryl methyl sites for hydroxylation is 1.